The Morgan fingerprint density at radius 3 is 2.85 bits per heavy atom. The minimum atomic E-state index is -0.321. The zero-order chi connectivity index (χ0) is 9.84. The lowest BCUT2D eigenvalue weighted by atomic mass is 10.1. The summed E-state index contributed by atoms with van der Waals surface area (Å²) in [5.74, 6) is -0.321. The van der Waals surface area contributed by atoms with Crippen LogP contribution in [-0.2, 0) is 4.79 Å². The van der Waals surface area contributed by atoms with E-state index in [-0.39, 0.29) is 11.9 Å². The second kappa shape index (κ2) is 4.30. The number of aliphatic imine (C=N–C) groups is 1. The van der Waals surface area contributed by atoms with Crippen molar-refractivity contribution in [1.82, 2.24) is 0 Å². The van der Waals surface area contributed by atoms with E-state index in [2.05, 4.69) is 20.9 Å². The lowest BCUT2D eigenvalue weighted by Crippen LogP contribution is -1.91. The van der Waals surface area contributed by atoms with Crippen molar-refractivity contribution in [2.45, 2.75) is 13.0 Å². The lowest BCUT2D eigenvalue weighted by Gasteiger charge is -2.06. The molecule has 0 amide bonds. The fourth-order valence-electron chi connectivity index (χ4n) is 0.989. The molecular weight excluding hydrogens is 237 g/mol. The maximum atomic E-state index is 12.7. The van der Waals surface area contributed by atoms with Crippen LogP contribution in [0.5, 0.6) is 0 Å². The molecule has 13 heavy (non-hydrogen) atoms. The molecule has 0 fully saturated rings. The van der Waals surface area contributed by atoms with Crippen molar-refractivity contribution in [2.24, 2.45) is 4.99 Å². The normalized spacial score (nSPS) is 11.9. The quantitative estimate of drug-likeness (QED) is 0.580. The number of nitrogens with zero attached hydrogens (tertiary/aromatic N) is 1. The molecule has 1 aromatic carbocycles. The van der Waals surface area contributed by atoms with Crippen LogP contribution in [-0.4, -0.2) is 6.08 Å². The number of carbonyl (C=O) groups excluding carboxylic acids is 1. The predicted octanol–water partition coefficient (Wildman–Crippen LogP) is 2.99. The van der Waals surface area contributed by atoms with Gasteiger partial charge < -0.3 is 0 Å². The summed E-state index contributed by atoms with van der Waals surface area (Å²) in [6, 6.07) is 3.96. The third-order valence-corrected chi connectivity index (χ3v) is 2.35. The van der Waals surface area contributed by atoms with Crippen molar-refractivity contribution in [3.05, 3.63) is 34.1 Å². The molecular formula is C9H7BrFNO. The summed E-state index contributed by atoms with van der Waals surface area (Å²) in [6.45, 7) is 1.74. The number of hydrogen-bond donors (Lipinski definition) is 0. The number of rotatable bonds is 2. The Morgan fingerprint density at radius 1 is 1.62 bits per heavy atom. The van der Waals surface area contributed by atoms with Crippen molar-refractivity contribution in [2.75, 3.05) is 0 Å². The molecule has 0 saturated carbocycles. The molecule has 2 nitrogen and oxygen atoms in total. The SMILES string of the molecule is CC(N=C=O)c1ccc(F)cc1Br. The van der Waals surface area contributed by atoms with Crippen LogP contribution in [0.2, 0.25) is 0 Å². The molecule has 1 unspecified atom stereocenters. The summed E-state index contributed by atoms with van der Waals surface area (Å²) < 4.78 is 13.3. The third-order valence-electron chi connectivity index (χ3n) is 1.66. The fourth-order valence-corrected chi connectivity index (χ4v) is 1.67. The first-order chi connectivity index (χ1) is 6.15. The molecule has 0 aliphatic rings. The summed E-state index contributed by atoms with van der Waals surface area (Å²) in [6.07, 6.45) is 1.47. The highest BCUT2D eigenvalue weighted by Crippen LogP contribution is 2.25. The van der Waals surface area contributed by atoms with Crippen LogP contribution in [0.1, 0.15) is 18.5 Å². The van der Waals surface area contributed by atoms with Crippen molar-refractivity contribution in [1.29, 1.82) is 0 Å². The van der Waals surface area contributed by atoms with Gasteiger partial charge in [0.05, 0.1) is 6.04 Å². The molecule has 0 aliphatic heterocycles. The predicted molar refractivity (Wildman–Crippen MR) is 50.6 cm³/mol. The highest BCUT2D eigenvalue weighted by Gasteiger charge is 2.08. The molecule has 0 N–H and O–H groups in total. The first-order valence-electron chi connectivity index (χ1n) is 3.67. The number of isocyanates is 1. The van der Waals surface area contributed by atoms with Crippen molar-refractivity contribution in [3.63, 3.8) is 0 Å². The first kappa shape index (κ1) is 10.1. The second-order valence-electron chi connectivity index (χ2n) is 2.56. The van der Waals surface area contributed by atoms with Gasteiger partial charge in [-0.05, 0) is 24.6 Å². The number of benzene rings is 1. The van der Waals surface area contributed by atoms with Gasteiger partial charge in [-0.15, -0.1) is 0 Å². The maximum Gasteiger partial charge on any atom is 0.235 e. The van der Waals surface area contributed by atoms with Gasteiger partial charge in [0.25, 0.3) is 0 Å². The van der Waals surface area contributed by atoms with Gasteiger partial charge in [-0.3, -0.25) is 0 Å². The van der Waals surface area contributed by atoms with E-state index in [1.807, 2.05) is 0 Å². The van der Waals surface area contributed by atoms with Gasteiger partial charge in [-0.2, -0.15) is 4.99 Å². The standard InChI is InChI=1S/C9H7BrFNO/c1-6(12-5-13)8-3-2-7(11)4-9(8)10/h2-4,6H,1H3. The van der Waals surface area contributed by atoms with E-state index < -0.39 is 0 Å². The minimum absolute atomic E-state index is 0.299. The van der Waals surface area contributed by atoms with Gasteiger partial charge in [0, 0.05) is 4.47 Å². The molecule has 1 rings (SSSR count). The smallest absolute Gasteiger partial charge is 0.211 e. The molecule has 0 bridgehead atoms. The Balaban J connectivity index is 3.08. The van der Waals surface area contributed by atoms with Crippen LogP contribution in [0, 0.1) is 5.82 Å². The monoisotopic (exact) mass is 243 g/mol. The number of hydrogen-bond acceptors (Lipinski definition) is 2. The van der Waals surface area contributed by atoms with Crippen LogP contribution in [0.25, 0.3) is 0 Å². The topological polar surface area (TPSA) is 29.4 Å². The van der Waals surface area contributed by atoms with E-state index in [0.717, 1.165) is 5.56 Å². The fraction of sp³-hybridized carbons (Fsp3) is 0.222. The molecule has 1 aromatic rings. The summed E-state index contributed by atoms with van der Waals surface area (Å²) in [4.78, 5) is 13.5. The average Bonchev–Trinajstić information content (AvgIpc) is 2.04. The Bertz CT molecular complexity index is 361. The van der Waals surface area contributed by atoms with Crippen molar-refractivity contribution >= 4 is 22.0 Å². The van der Waals surface area contributed by atoms with E-state index in [1.165, 1.54) is 18.2 Å². The molecule has 4 heteroatoms. The Hall–Kier alpha value is -0.990. The van der Waals surface area contributed by atoms with Crippen molar-refractivity contribution < 1.29 is 9.18 Å². The molecule has 68 valence electrons. The summed E-state index contributed by atoms with van der Waals surface area (Å²) >= 11 is 3.19. The largest absolute Gasteiger partial charge is 0.235 e. The van der Waals surface area contributed by atoms with Crippen LogP contribution < -0.4 is 0 Å². The van der Waals surface area contributed by atoms with Gasteiger partial charge >= 0.3 is 0 Å². The molecule has 0 saturated heterocycles. The Morgan fingerprint density at radius 2 is 2.31 bits per heavy atom. The minimum Gasteiger partial charge on any atom is -0.211 e. The molecule has 0 spiro atoms. The van der Waals surface area contributed by atoms with Crippen molar-refractivity contribution in [3.8, 4) is 0 Å². The van der Waals surface area contributed by atoms with E-state index in [9.17, 15) is 9.18 Å². The summed E-state index contributed by atoms with van der Waals surface area (Å²) in [5, 5.41) is 0. The van der Waals surface area contributed by atoms with Gasteiger partial charge in [0.1, 0.15) is 5.82 Å². The Kier molecular flexibility index (Phi) is 3.34. The second-order valence-corrected chi connectivity index (χ2v) is 3.42. The molecule has 0 aliphatic carbocycles. The van der Waals surface area contributed by atoms with Crippen LogP contribution in [0.4, 0.5) is 4.39 Å². The first-order valence-corrected chi connectivity index (χ1v) is 4.46. The highest BCUT2D eigenvalue weighted by molar-refractivity contribution is 9.10. The van der Waals surface area contributed by atoms with E-state index in [0.29, 0.717) is 4.47 Å². The van der Waals surface area contributed by atoms with E-state index in [1.54, 1.807) is 13.0 Å². The molecule has 1 atom stereocenters. The zero-order valence-electron chi connectivity index (χ0n) is 6.92. The zero-order valence-corrected chi connectivity index (χ0v) is 8.51. The van der Waals surface area contributed by atoms with E-state index >= 15 is 0 Å². The average molecular weight is 244 g/mol. The molecule has 0 heterocycles. The highest BCUT2D eigenvalue weighted by atomic mass is 79.9. The van der Waals surface area contributed by atoms with Gasteiger partial charge in [-0.25, -0.2) is 9.18 Å². The summed E-state index contributed by atoms with van der Waals surface area (Å²) in [7, 11) is 0. The lowest BCUT2D eigenvalue weighted by molar-refractivity contribution is 0.559. The summed E-state index contributed by atoms with van der Waals surface area (Å²) in [5.41, 5.74) is 0.768. The Labute approximate surface area is 83.6 Å². The van der Waals surface area contributed by atoms with Gasteiger partial charge in [-0.1, -0.05) is 22.0 Å². The molecule has 0 aromatic heterocycles. The molecule has 0 radical (unpaired) electrons. The number of halogens is 2. The third kappa shape index (κ3) is 2.47. The van der Waals surface area contributed by atoms with Crippen LogP contribution in [0.15, 0.2) is 27.7 Å². The van der Waals surface area contributed by atoms with Crippen LogP contribution >= 0.6 is 15.9 Å². The van der Waals surface area contributed by atoms with Gasteiger partial charge in [0.15, 0.2) is 0 Å². The maximum absolute atomic E-state index is 12.7. The van der Waals surface area contributed by atoms with Crippen LogP contribution in [0.3, 0.4) is 0 Å². The van der Waals surface area contributed by atoms with E-state index in [4.69, 9.17) is 0 Å². The van der Waals surface area contributed by atoms with Gasteiger partial charge in [0.2, 0.25) is 6.08 Å².